The van der Waals surface area contributed by atoms with Gasteiger partial charge in [0.25, 0.3) is 0 Å². The van der Waals surface area contributed by atoms with Crippen molar-refractivity contribution in [3.63, 3.8) is 0 Å². The third kappa shape index (κ3) is 2.77. The molecule has 0 atom stereocenters. The summed E-state index contributed by atoms with van der Waals surface area (Å²) < 4.78 is 0. The normalized spacial score (nSPS) is 10.2. The minimum Gasteiger partial charge on any atom is -0.508 e. The maximum Gasteiger partial charge on any atom is 0.115 e. The molecule has 1 nitrogen and oxygen atoms in total. The van der Waals surface area contributed by atoms with Crippen LogP contribution < -0.4 is 0 Å². The fraction of sp³-hybridized carbons (Fsp3) is 0.0769. The number of phenolic OH excluding ortho intramolecular Hbond substituents is 1. The molecule has 0 fully saturated rings. The van der Waals surface area contributed by atoms with E-state index in [-0.39, 0.29) is 0 Å². The van der Waals surface area contributed by atoms with Gasteiger partial charge in [-0.2, -0.15) is 0 Å². The van der Waals surface area contributed by atoms with E-state index in [1.807, 2.05) is 12.1 Å². The smallest absolute Gasteiger partial charge is 0.115 e. The number of phenols is 1. The summed E-state index contributed by atoms with van der Waals surface area (Å²) in [6.45, 7) is 2.08. The fourth-order valence-corrected chi connectivity index (χ4v) is 2.26. The Morgan fingerprint density at radius 2 is 1.67 bits per heavy atom. The first-order valence-corrected chi connectivity index (χ1v) is 5.59. The Bertz CT molecular complexity index is 448. The van der Waals surface area contributed by atoms with Crippen LogP contribution in [0.2, 0.25) is 0 Å². The summed E-state index contributed by atoms with van der Waals surface area (Å²) in [6.07, 6.45) is 0. The largest absolute Gasteiger partial charge is 0.508 e. The van der Waals surface area contributed by atoms with Crippen LogP contribution in [-0.4, -0.2) is 5.11 Å². The Hall–Kier alpha value is -1.41. The number of hydrogen-bond acceptors (Lipinski definition) is 2. The molecule has 2 aromatic rings. The molecule has 0 aliphatic carbocycles. The molecule has 0 saturated carbocycles. The van der Waals surface area contributed by atoms with Gasteiger partial charge in [-0.15, -0.1) is 0 Å². The van der Waals surface area contributed by atoms with E-state index in [0.717, 1.165) is 4.90 Å². The van der Waals surface area contributed by atoms with Gasteiger partial charge in [0.15, 0.2) is 0 Å². The summed E-state index contributed by atoms with van der Waals surface area (Å²) in [4.78, 5) is 2.36. The molecule has 0 unspecified atom stereocenters. The van der Waals surface area contributed by atoms with Gasteiger partial charge in [0.2, 0.25) is 0 Å². The molecule has 0 aliphatic heterocycles. The number of benzene rings is 2. The third-order valence-electron chi connectivity index (χ3n) is 2.06. The first-order valence-electron chi connectivity index (χ1n) is 4.77. The summed E-state index contributed by atoms with van der Waals surface area (Å²) >= 11 is 1.70. The lowest BCUT2D eigenvalue weighted by Gasteiger charge is -2.02. The van der Waals surface area contributed by atoms with Crippen LogP contribution in [0.3, 0.4) is 0 Å². The average molecular weight is 216 g/mol. The molecular weight excluding hydrogens is 204 g/mol. The maximum atomic E-state index is 9.16. The second kappa shape index (κ2) is 4.41. The van der Waals surface area contributed by atoms with E-state index in [0.29, 0.717) is 5.75 Å². The van der Waals surface area contributed by atoms with E-state index in [1.54, 1.807) is 23.9 Å². The Balaban J connectivity index is 2.18. The SMILES string of the molecule is Cc1cccc(Sc2ccc(O)cc2)c1. The molecule has 0 aliphatic rings. The molecule has 1 N–H and O–H groups in total. The summed E-state index contributed by atoms with van der Waals surface area (Å²) in [6, 6.07) is 15.6. The van der Waals surface area contributed by atoms with E-state index in [1.165, 1.54) is 10.5 Å². The van der Waals surface area contributed by atoms with Crippen molar-refractivity contribution in [1.82, 2.24) is 0 Å². The molecule has 0 heterocycles. The Kier molecular flexibility index (Phi) is 2.97. The molecule has 0 amide bonds. The van der Waals surface area contributed by atoms with Crippen molar-refractivity contribution in [2.45, 2.75) is 16.7 Å². The molecule has 0 bridgehead atoms. The molecule has 76 valence electrons. The van der Waals surface area contributed by atoms with Crippen LogP contribution in [0.4, 0.5) is 0 Å². The second-order valence-corrected chi connectivity index (χ2v) is 4.56. The van der Waals surface area contributed by atoms with Crippen molar-refractivity contribution < 1.29 is 5.11 Å². The van der Waals surface area contributed by atoms with Gasteiger partial charge < -0.3 is 5.11 Å². The van der Waals surface area contributed by atoms with Crippen LogP contribution >= 0.6 is 11.8 Å². The van der Waals surface area contributed by atoms with E-state index in [9.17, 15) is 0 Å². The molecule has 2 rings (SSSR count). The van der Waals surface area contributed by atoms with Crippen LogP contribution in [0.5, 0.6) is 5.75 Å². The van der Waals surface area contributed by atoms with Gasteiger partial charge >= 0.3 is 0 Å². The van der Waals surface area contributed by atoms with Gasteiger partial charge in [0.1, 0.15) is 5.75 Å². The molecule has 0 saturated heterocycles. The highest BCUT2D eigenvalue weighted by Crippen LogP contribution is 2.28. The highest BCUT2D eigenvalue weighted by molar-refractivity contribution is 7.99. The van der Waals surface area contributed by atoms with Gasteiger partial charge in [-0.25, -0.2) is 0 Å². The van der Waals surface area contributed by atoms with Gasteiger partial charge in [-0.1, -0.05) is 29.5 Å². The maximum absolute atomic E-state index is 9.16. The summed E-state index contributed by atoms with van der Waals surface area (Å²) in [5.74, 6) is 0.309. The number of aryl methyl sites for hydroxylation is 1. The minimum absolute atomic E-state index is 0.309. The first kappa shape index (κ1) is 10.1. The zero-order valence-corrected chi connectivity index (χ0v) is 9.29. The number of hydrogen-bond donors (Lipinski definition) is 1. The number of rotatable bonds is 2. The average Bonchev–Trinajstić information content (AvgIpc) is 2.22. The van der Waals surface area contributed by atoms with Crippen molar-refractivity contribution >= 4 is 11.8 Å². The van der Waals surface area contributed by atoms with Crippen LogP contribution in [0.1, 0.15) is 5.56 Å². The van der Waals surface area contributed by atoms with E-state index < -0.39 is 0 Å². The van der Waals surface area contributed by atoms with Crippen LogP contribution in [0, 0.1) is 6.92 Å². The standard InChI is InChI=1S/C13H12OS/c1-10-3-2-4-13(9-10)15-12-7-5-11(14)6-8-12/h2-9,14H,1H3. The summed E-state index contributed by atoms with van der Waals surface area (Å²) in [5.41, 5.74) is 1.26. The number of aromatic hydroxyl groups is 1. The Morgan fingerprint density at radius 1 is 0.933 bits per heavy atom. The highest BCUT2D eigenvalue weighted by atomic mass is 32.2. The highest BCUT2D eigenvalue weighted by Gasteiger charge is 1.97. The van der Waals surface area contributed by atoms with Crippen LogP contribution in [0.25, 0.3) is 0 Å². The summed E-state index contributed by atoms with van der Waals surface area (Å²) in [7, 11) is 0. The topological polar surface area (TPSA) is 20.2 Å². The van der Waals surface area contributed by atoms with Crippen molar-refractivity contribution in [3.05, 3.63) is 54.1 Å². The fourth-order valence-electron chi connectivity index (χ4n) is 1.33. The van der Waals surface area contributed by atoms with E-state index >= 15 is 0 Å². The zero-order chi connectivity index (χ0) is 10.7. The predicted molar refractivity (Wildman–Crippen MR) is 63.4 cm³/mol. The summed E-state index contributed by atoms with van der Waals surface area (Å²) in [5, 5.41) is 9.16. The Labute approximate surface area is 93.8 Å². The first-order chi connectivity index (χ1) is 7.24. The monoisotopic (exact) mass is 216 g/mol. The van der Waals surface area contributed by atoms with Crippen molar-refractivity contribution in [2.75, 3.05) is 0 Å². The third-order valence-corrected chi connectivity index (χ3v) is 3.06. The molecule has 15 heavy (non-hydrogen) atoms. The van der Waals surface area contributed by atoms with Crippen LogP contribution in [-0.2, 0) is 0 Å². The second-order valence-electron chi connectivity index (χ2n) is 3.41. The molecule has 0 radical (unpaired) electrons. The van der Waals surface area contributed by atoms with E-state index in [4.69, 9.17) is 5.11 Å². The van der Waals surface area contributed by atoms with Gasteiger partial charge in [0, 0.05) is 9.79 Å². The molecule has 2 aromatic carbocycles. The zero-order valence-electron chi connectivity index (χ0n) is 8.47. The lowest BCUT2D eigenvalue weighted by atomic mass is 10.2. The minimum atomic E-state index is 0.309. The van der Waals surface area contributed by atoms with Crippen molar-refractivity contribution in [1.29, 1.82) is 0 Å². The predicted octanol–water partition coefficient (Wildman–Crippen LogP) is 3.85. The van der Waals surface area contributed by atoms with Gasteiger partial charge in [-0.3, -0.25) is 0 Å². The Morgan fingerprint density at radius 3 is 2.33 bits per heavy atom. The lowest BCUT2D eigenvalue weighted by Crippen LogP contribution is -1.75. The quantitative estimate of drug-likeness (QED) is 0.822. The molecule has 2 heteroatoms. The molecular formula is C13H12OS. The molecule has 0 spiro atoms. The van der Waals surface area contributed by atoms with Crippen LogP contribution in [0.15, 0.2) is 58.3 Å². The lowest BCUT2D eigenvalue weighted by molar-refractivity contribution is 0.475. The van der Waals surface area contributed by atoms with Crippen molar-refractivity contribution in [2.24, 2.45) is 0 Å². The van der Waals surface area contributed by atoms with Gasteiger partial charge in [0.05, 0.1) is 0 Å². The van der Waals surface area contributed by atoms with Gasteiger partial charge in [-0.05, 0) is 43.3 Å². The molecule has 0 aromatic heterocycles. The van der Waals surface area contributed by atoms with E-state index in [2.05, 4.69) is 31.2 Å². The van der Waals surface area contributed by atoms with Crippen molar-refractivity contribution in [3.8, 4) is 5.75 Å².